The molecule has 0 saturated heterocycles. The molecule has 70 heavy (non-hydrogen) atoms. The van der Waals surface area contributed by atoms with Crippen molar-refractivity contribution >= 4 is 17.9 Å². The quantitative estimate of drug-likeness (QED) is 0.0343. The minimum Gasteiger partial charge on any atom is -0.462 e. The van der Waals surface area contributed by atoms with E-state index in [0.717, 1.165) is 75.5 Å². The van der Waals surface area contributed by atoms with Crippen molar-refractivity contribution in [2.45, 2.75) is 362 Å². The average Bonchev–Trinajstić information content (AvgIpc) is 3.33. The third kappa shape index (κ3) is 55.7. The zero-order valence-corrected chi connectivity index (χ0v) is 48.3. The van der Waals surface area contributed by atoms with E-state index in [4.69, 9.17) is 14.2 Å². The lowest BCUT2D eigenvalue weighted by Gasteiger charge is -2.18. The van der Waals surface area contributed by atoms with Gasteiger partial charge in [-0.3, -0.25) is 14.4 Å². The van der Waals surface area contributed by atoms with Gasteiger partial charge in [-0.2, -0.15) is 0 Å². The number of hydrogen-bond donors (Lipinski definition) is 0. The Labute approximate surface area is 438 Å². The molecule has 0 bridgehead atoms. The van der Waals surface area contributed by atoms with Gasteiger partial charge in [0.15, 0.2) is 6.10 Å². The molecule has 416 valence electrons. The van der Waals surface area contributed by atoms with Gasteiger partial charge in [-0.1, -0.05) is 318 Å². The smallest absolute Gasteiger partial charge is 0.306 e. The summed E-state index contributed by atoms with van der Waals surface area (Å²) in [6, 6.07) is 0. The highest BCUT2D eigenvalue weighted by molar-refractivity contribution is 5.71. The number of carbonyl (C=O) groups excluding carboxylic acids is 3. The van der Waals surface area contributed by atoms with E-state index in [1.165, 1.54) is 238 Å². The molecule has 0 aromatic carbocycles. The maximum Gasteiger partial charge on any atom is 0.306 e. The summed E-state index contributed by atoms with van der Waals surface area (Å²) in [5.41, 5.74) is 0. The summed E-state index contributed by atoms with van der Waals surface area (Å²) in [7, 11) is 0. The minimum absolute atomic E-state index is 0.0632. The van der Waals surface area contributed by atoms with Crippen LogP contribution in [0.3, 0.4) is 0 Å². The Balaban J connectivity index is 4.21. The molecule has 6 heteroatoms. The van der Waals surface area contributed by atoms with Crippen molar-refractivity contribution in [3.05, 3.63) is 0 Å². The van der Waals surface area contributed by atoms with E-state index in [0.29, 0.717) is 19.3 Å². The molecule has 0 aromatic rings. The van der Waals surface area contributed by atoms with Gasteiger partial charge in [0.25, 0.3) is 0 Å². The standard InChI is InChI=1S/C64H124O6/c1-7-60(6)52-46-40-34-27-23-19-15-10-8-9-11-16-20-24-28-35-41-47-53-62(65)68-56-61(57-69-63(66)54-48-42-36-31-30-33-39-45-51-59(4)5)70-64(67)55-49-43-37-29-25-21-17-13-12-14-18-22-26-32-38-44-50-58(2)3/h58-61H,7-57H2,1-6H3/t60?,61-/m1/s1. The summed E-state index contributed by atoms with van der Waals surface area (Å²) >= 11 is 0. The number of esters is 3. The third-order valence-electron chi connectivity index (χ3n) is 15.0. The first kappa shape index (κ1) is 68.4. The van der Waals surface area contributed by atoms with Crippen LogP contribution >= 0.6 is 0 Å². The van der Waals surface area contributed by atoms with E-state index in [-0.39, 0.29) is 31.1 Å². The number of rotatable bonds is 57. The van der Waals surface area contributed by atoms with Crippen molar-refractivity contribution in [3.8, 4) is 0 Å². The lowest BCUT2D eigenvalue weighted by molar-refractivity contribution is -0.167. The fourth-order valence-electron chi connectivity index (χ4n) is 9.85. The molecule has 0 N–H and O–H groups in total. The van der Waals surface area contributed by atoms with E-state index < -0.39 is 6.10 Å². The van der Waals surface area contributed by atoms with Crippen molar-refractivity contribution in [1.82, 2.24) is 0 Å². The van der Waals surface area contributed by atoms with E-state index >= 15 is 0 Å². The number of carbonyl (C=O) groups is 3. The van der Waals surface area contributed by atoms with Crippen LogP contribution in [0.5, 0.6) is 0 Å². The maximum atomic E-state index is 12.9. The van der Waals surface area contributed by atoms with Crippen LogP contribution in [0.4, 0.5) is 0 Å². The minimum atomic E-state index is -0.764. The molecule has 0 aliphatic carbocycles. The molecule has 0 amide bonds. The van der Waals surface area contributed by atoms with Crippen LogP contribution in [-0.2, 0) is 28.6 Å². The van der Waals surface area contributed by atoms with Crippen LogP contribution < -0.4 is 0 Å². The average molecular weight is 990 g/mol. The van der Waals surface area contributed by atoms with Gasteiger partial charge < -0.3 is 14.2 Å². The molecule has 2 atom stereocenters. The largest absolute Gasteiger partial charge is 0.462 e. The fourth-order valence-corrected chi connectivity index (χ4v) is 9.85. The Morgan fingerprint density at radius 1 is 0.286 bits per heavy atom. The highest BCUT2D eigenvalue weighted by Gasteiger charge is 2.19. The van der Waals surface area contributed by atoms with E-state index in [9.17, 15) is 14.4 Å². The first-order valence-electron chi connectivity index (χ1n) is 31.6. The third-order valence-corrected chi connectivity index (χ3v) is 15.0. The molecule has 0 rings (SSSR count). The van der Waals surface area contributed by atoms with Gasteiger partial charge in [0.1, 0.15) is 13.2 Å². The molecule has 0 fully saturated rings. The fraction of sp³-hybridized carbons (Fsp3) is 0.953. The molecular formula is C64H124O6. The Hall–Kier alpha value is -1.59. The SMILES string of the molecule is CCC(C)CCCCCCCCCCCCCCCCCCCCC(=O)OC[C@H](COC(=O)CCCCCCCCCCC(C)C)OC(=O)CCCCCCCCCCCCCCCCCCC(C)C. The second kappa shape index (κ2) is 55.2. The van der Waals surface area contributed by atoms with Crippen molar-refractivity contribution in [3.63, 3.8) is 0 Å². The zero-order chi connectivity index (χ0) is 51.2. The number of unbranched alkanes of at least 4 members (excludes halogenated alkanes) is 39. The Morgan fingerprint density at radius 3 is 0.743 bits per heavy atom. The Morgan fingerprint density at radius 2 is 0.500 bits per heavy atom. The summed E-state index contributed by atoms with van der Waals surface area (Å²) < 4.78 is 16.9. The van der Waals surface area contributed by atoms with E-state index in [1.807, 2.05) is 0 Å². The normalized spacial score (nSPS) is 12.5. The molecule has 0 saturated carbocycles. The van der Waals surface area contributed by atoms with Crippen molar-refractivity contribution in [1.29, 1.82) is 0 Å². The van der Waals surface area contributed by atoms with Crippen LogP contribution in [0.25, 0.3) is 0 Å². The summed E-state index contributed by atoms with van der Waals surface area (Å²) in [5.74, 6) is 1.72. The maximum absolute atomic E-state index is 12.9. The highest BCUT2D eigenvalue weighted by Crippen LogP contribution is 2.19. The highest BCUT2D eigenvalue weighted by atomic mass is 16.6. The second-order valence-electron chi connectivity index (χ2n) is 23.2. The number of ether oxygens (including phenoxy) is 3. The monoisotopic (exact) mass is 989 g/mol. The molecule has 0 heterocycles. The van der Waals surface area contributed by atoms with Crippen LogP contribution in [0.2, 0.25) is 0 Å². The molecule has 6 nitrogen and oxygen atoms in total. The van der Waals surface area contributed by atoms with Gasteiger partial charge in [0.2, 0.25) is 0 Å². The molecule has 0 radical (unpaired) electrons. The van der Waals surface area contributed by atoms with Gasteiger partial charge in [0.05, 0.1) is 0 Å². The first-order chi connectivity index (χ1) is 34.1. The van der Waals surface area contributed by atoms with Crippen LogP contribution in [0, 0.1) is 17.8 Å². The molecule has 0 spiro atoms. The van der Waals surface area contributed by atoms with Crippen LogP contribution in [0.15, 0.2) is 0 Å². The topological polar surface area (TPSA) is 78.9 Å². The Bertz CT molecular complexity index is 1090. The van der Waals surface area contributed by atoms with Crippen molar-refractivity contribution in [2.24, 2.45) is 17.8 Å². The molecule has 0 aliphatic rings. The lowest BCUT2D eigenvalue weighted by Crippen LogP contribution is -2.30. The van der Waals surface area contributed by atoms with E-state index in [2.05, 4.69) is 41.5 Å². The molecule has 0 aliphatic heterocycles. The lowest BCUT2D eigenvalue weighted by atomic mass is 9.99. The molecular weight excluding hydrogens is 865 g/mol. The predicted molar refractivity (Wildman–Crippen MR) is 303 cm³/mol. The Kier molecular flexibility index (Phi) is 53.9. The summed E-state index contributed by atoms with van der Waals surface area (Å²) in [5, 5.41) is 0. The van der Waals surface area contributed by atoms with Crippen molar-refractivity contribution < 1.29 is 28.6 Å². The summed E-state index contributed by atoms with van der Waals surface area (Å²) in [6.07, 6.45) is 59.7. The van der Waals surface area contributed by atoms with Crippen molar-refractivity contribution in [2.75, 3.05) is 13.2 Å². The van der Waals surface area contributed by atoms with Gasteiger partial charge >= 0.3 is 17.9 Å². The van der Waals surface area contributed by atoms with E-state index in [1.54, 1.807) is 0 Å². The summed E-state index contributed by atoms with van der Waals surface area (Å²) in [4.78, 5) is 38.2. The molecule has 1 unspecified atom stereocenters. The van der Waals surface area contributed by atoms with Crippen LogP contribution in [-0.4, -0.2) is 37.2 Å². The molecule has 0 aromatic heterocycles. The van der Waals surface area contributed by atoms with Gasteiger partial charge in [-0.25, -0.2) is 0 Å². The number of hydrogen-bond acceptors (Lipinski definition) is 6. The second-order valence-corrected chi connectivity index (χ2v) is 23.2. The zero-order valence-electron chi connectivity index (χ0n) is 48.3. The van der Waals surface area contributed by atoms with Gasteiger partial charge in [-0.05, 0) is 37.0 Å². The first-order valence-corrected chi connectivity index (χ1v) is 31.6. The van der Waals surface area contributed by atoms with Gasteiger partial charge in [0, 0.05) is 19.3 Å². The van der Waals surface area contributed by atoms with Gasteiger partial charge in [-0.15, -0.1) is 0 Å². The predicted octanol–water partition coefficient (Wildman–Crippen LogP) is 21.1. The van der Waals surface area contributed by atoms with Crippen LogP contribution in [0.1, 0.15) is 356 Å². The summed E-state index contributed by atoms with van der Waals surface area (Å²) in [6.45, 7) is 13.8.